The van der Waals surface area contributed by atoms with Crippen molar-refractivity contribution in [2.75, 3.05) is 0 Å². The lowest BCUT2D eigenvalue weighted by Gasteiger charge is -2.33. The summed E-state index contributed by atoms with van der Waals surface area (Å²) in [6, 6.07) is 8.81. The van der Waals surface area contributed by atoms with Crippen LogP contribution in [0.5, 0.6) is 0 Å². The van der Waals surface area contributed by atoms with Gasteiger partial charge in [0.2, 0.25) is 0 Å². The van der Waals surface area contributed by atoms with Crippen LogP contribution in [0, 0.1) is 0 Å². The zero-order chi connectivity index (χ0) is 12.0. The third-order valence-corrected chi connectivity index (χ3v) is 4.08. The van der Waals surface area contributed by atoms with Crippen LogP contribution in [0.3, 0.4) is 0 Å². The van der Waals surface area contributed by atoms with Crippen LogP contribution >= 0.6 is 0 Å². The van der Waals surface area contributed by atoms with Gasteiger partial charge in [-0.2, -0.15) is 0 Å². The van der Waals surface area contributed by atoms with Crippen LogP contribution in [0.25, 0.3) is 0 Å². The van der Waals surface area contributed by atoms with Crippen LogP contribution < -0.4 is 5.73 Å². The summed E-state index contributed by atoms with van der Waals surface area (Å²) in [6.07, 6.45) is 2.47. The van der Waals surface area contributed by atoms with Crippen molar-refractivity contribution >= 4 is 0 Å². The first-order chi connectivity index (χ1) is 7.38. The summed E-state index contributed by atoms with van der Waals surface area (Å²) >= 11 is 0. The maximum atomic E-state index is 6.38. The molecule has 0 aromatic heterocycles. The average Bonchev–Trinajstić information content (AvgIpc) is 2.97. The molecule has 1 nitrogen and oxygen atoms in total. The van der Waals surface area contributed by atoms with Crippen LogP contribution in [0.15, 0.2) is 24.3 Å². The monoisotopic (exact) mass is 217 g/mol. The molecule has 0 atom stereocenters. The molecule has 1 saturated carbocycles. The van der Waals surface area contributed by atoms with Gasteiger partial charge in [0, 0.05) is 11.0 Å². The van der Waals surface area contributed by atoms with Gasteiger partial charge in [0.1, 0.15) is 0 Å². The van der Waals surface area contributed by atoms with E-state index in [9.17, 15) is 0 Å². The molecule has 1 aromatic carbocycles. The molecule has 88 valence electrons. The summed E-state index contributed by atoms with van der Waals surface area (Å²) in [6.45, 7) is 8.85. The third kappa shape index (κ3) is 1.67. The van der Waals surface area contributed by atoms with E-state index in [0.717, 1.165) is 0 Å². The van der Waals surface area contributed by atoms with Crippen molar-refractivity contribution in [1.82, 2.24) is 0 Å². The summed E-state index contributed by atoms with van der Waals surface area (Å²) in [7, 11) is 0. The van der Waals surface area contributed by atoms with E-state index < -0.39 is 0 Å². The number of hydrogen-bond donors (Lipinski definition) is 1. The number of benzene rings is 1. The van der Waals surface area contributed by atoms with Crippen LogP contribution in [-0.4, -0.2) is 5.54 Å². The van der Waals surface area contributed by atoms with Gasteiger partial charge in [-0.15, -0.1) is 0 Å². The molecule has 0 unspecified atom stereocenters. The Hall–Kier alpha value is -0.820. The quantitative estimate of drug-likeness (QED) is 0.823. The lowest BCUT2D eigenvalue weighted by molar-refractivity contribution is 0.388. The molecule has 0 radical (unpaired) electrons. The highest BCUT2D eigenvalue weighted by Gasteiger charge is 2.54. The fourth-order valence-electron chi connectivity index (χ4n) is 2.82. The average molecular weight is 217 g/mol. The maximum absolute atomic E-state index is 6.38. The first kappa shape index (κ1) is 11.7. The van der Waals surface area contributed by atoms with Crippen molar-refractivity contribution in [1.29, 1.82) is 0 Å². The van der Waals surface area contributed by atoms with Crippen LogP contribution in [-0.2, 0) is 5.41 Å². The van der Waals surface area contributed by atoms with Gasteiger partial charge in [0.25, 0.3) is 0 Å². The Morgan fingerprint density at radius 2 is 1.75 bits per heavy atom. The Bertz CT molecular complexity index is 381. The summed E-state index contributed by atoms with van der Waals surface area (Å²) in [5, 5.41) is 0. The zero-order valence-electron chi connectivity index (χ0n) is 10.9. The van der Waals surface area contributed by atoms with Crippen LogP contribution in [0.1, 0.15) is 57.6 Å². The minimum Gasteiger partial charge on any atom is -0.325 e. The van der Waals surface area contributed by atoms with E-state index >= 15 is 0 Å². The lowest BCUT2D eigenvalue weighted by atomic mass is 9.76. The SMILES string of the molecule is CC(C)c1ccccc1C1(C(C)(C)N)CC1. The molecule has 0 aliphatic heterocycles. The van der Waals surface area contributed by atoms with Crippen molar-refractivity contribution in [3.8, 4) is 0 Å². The first-order valence-electron chi connectivity index (χ1n) is 6.27. The number of hydrogen-bond acceptors (Lipinski definition) is 1. The van der Waals surface area contributed by atoms with Crippen LogP contribution in [0.2, 0.25) is 0 Å². The van der Waals surface area contributed by atoms with Gasteiger partial charge in [-0.1, -0.05) is 38.1 Å². The molecule has 2 N–H and O–H groups in total. The minimum atomic E-state index is -0.113. The maximum Gasteiger partial charge on any atom is 0.0195 e. The van der Waals surface area contributed by atoms with Gasteiger partial charge in [-0.05, 0) is 43.7 Å². The Labute approximate surface area is 99.0 Å². The molecule has 0 spiro atoms. The van der Waals surface area contributed by atoms with Crippen molar-refractivity contribution in [3.63, 3.8) is 0 Å². The van der Waals surface area contributed by atoms with E-state index in [1.807, 2.05) is 0 Å². The topological polar surface area (TPSA) is 26.0 Å². The molecule has 1 aromatic rings. The van der Waals surface area contributed by atoms with Crippen molar-refractivity contribution in [2.45, 2.75) is 57.4 Å². The van der Waals surface area contributed by atoms with E-state index in [0.29, 0.717) is 5.92 Å². The van der Waals surface area contributed by atoms with Crippen LogP contribution in [0.4, 0.5) is 0 Å². The van der Waals surface area contributed by atoms with Gasteiger partial charge in [-0.3, -0.25) is 0 Å². The molecule has 1 aliphatic carbocycles. The first-order valence-corrected chi connectivity index (χ1v) is 6.27. The van der Waals surface area contributed by atoms with Gasteiger partial charge in [0.05, 0.1) is 0 Å². The predicted molar refractivity (Wildman–Crippen MR) is 69.7 cm³/mol. The Morgan fingerprint density at radius 3 is 2.19 bits per heavy atom. The summed E-state index contributed by atoms with van der Waals surface area (Å²) in [5.74, 6) is 0.580. The van der Waals surface area contributed by atoms with Crippen molar-refractivity contribution in [2.24, 2.45) is 5.73 Å². The normalized spacial score (nSPS) is 18.9. The zero-order valence-corrected chi connectivity index (χ0v) is 10.9. The Kier molecular flexibility index (Phi) is 2.62. The standard InChI is InChI=1S/C15H23N/c1-11(2)12-7-5-6-8-13(12)15(9-10-15)14(3,4)16/h5-8,11H,9-10,16H2,1-4H3. The second-order valence-electron chi connectivity index (χ2n) is 6.05. The molecule has 0 amide bonds. The lowest BCUT2D eigenvalue weighted by Crippen LogP contribution is -2.45. The summed E-state index contributed by atoms with van der Waals surface area (Å²) in [4.78, 5) is 0. The number of rotatable bonds is 3. The molecule has 1 aliphatic rings. The van der Waals surface area contributed by atoms with Gasteiger partial charge >= 0.3 is 0 Å². The van der Waals surface area contributed by atoms with Crippen molar-refractivity contribution in [3.05, 3.63) is 35.4 Å². The number of nitrogens with two attached hydrogens (primary N) is 1. The summed E-state index contributed by atoms with van der Waals surface area (Å²) in [5.41, 5.74) is 9.45. The highest BCUT2D eigenvalue weighted by Crippen LogP contribution is 2.56. The second kappa shape index (κ2) is 3.59. The highest BCUT2D eigenvalue weighted by molar-refractivity contribution is 5.43. The highest BCUT2D eigenvalue weighted by atomic mass is 14.8. The van der Waals surface area contributed by atoms with Crippen molar-refractivity contribution < 1.29 is 0 Å². The second-order valence-corrected chi connectivity index (χ2v) is 6.05. The van der Waals surface area contributed by atoms with Gasteiger partial charge < -0.3 is 5.73 Å². The molecule has 0 bridgehead atoms. The Morgan fingerprint density at radius 1 is 1.19 bits per heavy atom. The van der Waals surface area contributed by atoms with E-state index in [1.54, 1.807) is 0 Å². The molecule has 0 heterocycles. The molecule has 2 rings (SSSR count). The van der Waals surface area contributed by atoms with E-state index in [-0.39, 0.29) is 11.0 Å². The molecule has 16 heavy (non-hydrogen) atoms. The molecule has 1 fully saturated rings. The van der Waals surface area contributed by atoms with Gasteiger partial charge in [-0.25, -0.2) is 0 Å². The smallest absolute Gasteiger partial charge is 0.0195 e. The molecule has 0 saturated heterocycles. The fourth-order valence-corrected chi connectivity index (χ4v) is 2.82. The summed E-state index contributed by atoms with van der Waals surface area (Å²) < 4.78 is 0. The minimum absolute atomic E-state index is 0.113. The van der Waals surface area contributed by atoms with E-state index in [4.69, 9.17) is 5.73 Å². The molecular formula is C15H23N. The van der Waals surface area contributed by atoms with E-state index in [2.05, 4.69) is 52.0 Å². The predicted octanol–water partition coefficient (Wildman–Crippen LogP) is 3.58. The molecular weight excluding hydrogens is 194 g/mol. The fraction of sp³-hybridized carbons (Fsp3) is 0.600. The Balaban J connectivity index is 2.49. The van der Waals surface area contributed by atoms with E-state index in [1.165, 1.54) is 24.0 Å². The largest absolute Gasteiger partial charge is 0.325 e. The third-order valence-electron chi connectivity index (χ3n) is 4.08. The molecule has 1 heteroatoms. The van der Waals surface area contributed by atoms with Gasteiger partial charge in [0.15, 0.2) is 0 Å².